The number of hydrogen-bond donors (Lipinski definition) is 0. The molecule has 11 rings (SSSR count). The third kappa shape index (κ3) is 6.35. The molecule has 0 saturated carbocycles. The standard InChI is InChI=1S/C58H39NS/c1-4-17-40(18-5-1)45-35-38-54(52(39-45)42-21-8-3-9-22-42)59(46-36-33-43(34-37-46)48-28-16-32-56-58(48)51-26-11-13-31-55(51)60-56)53-30-12-10-25-49(53)50-29-15-24-44-23-14-27-47(57(44)50)41-19-6-2-7-20-41/h1-39H. The molecule has 1 aromatic heterocycles. The van der Waals surface area contributed by atoms with E-state index in [1.165, 1.54) is 69.9 Å². The largest absolute Gasteiger partial charge is 0.309 e. The van der Waals surface area contributed by atoms with Crippen LogP contribution >= 0.6 is 11.3 Å². The van der Waals surface area contributed by atoms with Gasteiger partial charge in [0.1, 0.15) is 0 Å². The summed E-state index contributed by atoms with van der Waals surface area (Å²) in [7, 11) is 0. The van der Waals surface area contributed by atoms with Crippen LogP contribution in [0.4, 0.5) is 17.1 Å². The predicted octanol–water partition coefficient (Wildman–Crippen LogP) is 17.0. The predicted molar refractivity (Wildman–Crippen MR) is 259 cm³/mol. The van der Waals surface area contributed by atoms with E-state index in [-0.39, 0.29) is 0 Å². The fourth-order valence-electron chi connectivity index (χ4n) is 8.92. The summed E-state index contributed by atoms with van der Waals surface area (Å²) in [5.41, 5.74) is 15.2. The molecular weight excluding hydrogens is 743 g/mol. The molecule has 0 aliphatic carbocycles. The zero-order chi connectivity index (χ0) is 39.8. The summed E-state index contributed by atoms with van der Waals surface area (Å²) >= 11 is 1.86. The van der Waals surface area contributed by atoms with Gasteiger partial charge in [-0.15, -0.1) is 11.3 Å². The first kappa shape index (κ1) is 35.6. The molecular formula is C58H39NS. The van der Waals surface area contributed by atoms with Crippen LogP contribution < -0.4 is 4.90 Å². The summed E-state index contributed by atoms with van der Waals surface area (Å²) in [6.45, 7) is 0. The van der Waals surface area contributed by atoms with Crippen LogP contribution in [0.2, 0.25) is 0 Å². The molecule has 1 heterocycles. The van der Waals surface area contributed by atoms with Crippen LogP contribution in [0.25, 0.3) is 86.6 Å². The molecule has 0 saturated heterocycles. The lowest BCUT2D eigenvalue weighted by molar-refractivity contribution is 1.28. The molecule has 0 fully saturated rings. The Kier molecular flexibility index (Phi) is 9.11. The van der Waals surface area contributed by atoms with E-state index in [0.717, 1.165) is 33.8 Å². The minimum atomic E-state index is 1.08. The third-order valence-electron chi connectivity index (χ3n) is 11.7. The van der Waals surface area contributed by atoms with E-state index in [4.69, 9.17) is 0 Å². The van der Waals surface area contributed by atoms with E-state index >= 15 is 0 Å². The summed E-state index contributed by atoms with van der Waals surface area (Å²) in [5.74, 6) is 0. The Morgan fingerprint density at radius 1 is 0.283 bits per heavy atom. The minimum Gasteiger partial charge on any atom is -0.309 e. The van der Waals surface area contributed by atoms with Gasteiger partial charge in [-0.1, -0.05) is 194 Å². The van der Waals surface area contributed by atoms with Crippen molar-refractivity contribution in [3.05, 3.63) is 237 Å². The molecule has 0 spiro atoms. The Morgan fingerprint density at radius 3 is 1.52 bits per heavy atom. The topological polar surface area (TPSA) is 3.24 Å². The fraction of sp³-hybridized carbons (Fsp3) is 0. The SMILES string of the molecule is c1ccc(-c2ccc(N(c3ccc(-c4cccc5sc6ccccc6c45)cc3)c3ccccc3-c3cccc4cccc(-c5ccccc5)c34)c(-c3ccccc3)c2)cc1. The molecule has 60 heavy (non-hydrogen) atoms. The molecule has 10 aromatic carbocycles. The second-order valence-corrected chi connectivity index (χ2v) is 16.3. The highest BCUT2D eigenvalue weighted by molar-refractivity contribution is 7.25. The van der Waals surface area contributed by atoms with Gasteiger partial charge in [0.15, 0.2) is 0 Å². The van der Waals surface area contributed by atoms with E-state index in [1.54, 1.807) is 0 Å². The van der Waals surface area contributed by atoms with Crippen molar-refractivity contribution in [2.75, 3.05) is 4.90 Å². The van der Waals surface area contributed by atoms with E-state index < -0.39 is 0 Å². The van der Waals surface area contributed by atoms with Crippen LogP contribution in [0.5, 0.6) is 0 Å². The highest BCUT2D eigenvalue weighted by Crippen LogP contribution is 2.48. The molecule has 0 amide bonds. The zero-order valence-electron chi connectivity index (χ0n) is 32.9. The van der Waals surface area contributed by atoms with Crippen molar-refractivity contribution in [3.8, 4) is 55.6 Å². The molecule has 2 heteroatoms. The van der Waals surface area contributed by atoms with Crippen molar-refractivity contribution in [2.24, 2.45) is 0 Å². The summed E-state index contributed by atoms with van der Waals surface area (Å²) in [6, 6.07) is 86.2. The van der Waals surface area contributed by atoms with Gasteiger partial charge in [0.2, 0.25) is 0 Å². The van der Waals surface area contributed by atoms with Gasteiger partial charge in [-0.05, 0) is 97.7 Å². The number of fused-ring (bicyclic) bond motifs is 4. The van der Waals surface area contributed by atoms with E-state index in [0.29, 0.717) is 0 Å². The molecule has 0 unspecified atom stereocenters. The summed E-state index contributed by atoms with van der Waals surface area (Å²) < 4.78 is 2.62. The van der Waals surface area contributed by atoms with Crippen LogP contribution in [0, 0.1) is 0 Å². The van der Waals surface area contributed by atoms with E-state index in [9.17, 15) is 0 Å². The zero-order valence-corrected chi connectivity index (χ0v) is 33.7. The van der Waals surface area contributed by atoms with Crippen molar-refractivity contribution in [3.63, 3.8) is 0 Å². The van der Waals surface area contributed by atoms with Crippen molar-refractivity contribution < 1.29 is 0 Å². The molecule has 0 bridgehead atoms. The lowest BCUT2D eigenvalue weighted by atomic mass is 9.90. The average Bonchev–Trinajstić information content (AvgIpc) is 3.72. The van der Waals surface area contributed by atoms with Crippen LogP contribution in [-0.2, 0) is 0 Å². The van der Waals surface area contributed by atoms with E-state index in [1.807, 2.05) is 11.3 Å². The van der Waals surface area contributed by atoms with Gasteiger partial charge < -0.3 is 4.90 Å². The molecule has 282 valence electrons. The Morgan fingerprint density at radius 2 is 0.783 bits per heavy atom. The van der Waals surface area contributed by atoms with Crippen molar-refractivity contribution in [1.82, 2.24) is 0 Å². The van der Waals surface area contributed by atoms with Crippen LogP contribution in [0.15, 0.2) is 237 Å². The van der Waals surface area contributed by atoms with Crippen molar-refractivity contribution in [2.45, 2.75) is 0 Å². The molecule has 1 nitrogen and oxygen atoms in total. The lowest BCUT2D eigenvalue weighted by Crippen LogP contribution is -2.12. The molecule has 0 aliphatic heterocycles. The lowest BCUT2D eigenvalue weighted by Gasteiger charge is -2.31. The van der Waals surface area contributed by atoms with Crippen molar-refractivity contribution in [1.29, 1.82) is 0 Å². The highest BCUT2D eigenvalue weighted by atomic mass is 32.1. The van der Waals surface area contributed by atoms with Gasteiger partial charge in [0, 0.05) is 37.0 Å². The Hall–Kier alpha value is -7.52. The van der Waals surface area contributed by atoms with Gasteiger partial charge in [-0.2, -0.15) is 0 Å². The second kappa shape index (κ2) is 15.3. The minimum absolute atomic E-state index is 1.08. The Balaban J connectivity index is 1.15. The van der Waals surface area contributed by atoms with Gasteiger partial charge in [-0.3, -0.25) is 0 Å². The first-order chi connectivity index (χ1) is 29.8. The summed E-state index contributed by atoms with van der Waals surface area (Å²) in [4.78, 5) is 2.47. The Labute approximate surface area is 354 Å². The first-order valence-corrected chi connectivity index (χ1v) is 21.3. The first-order valence-electron chi connectivity index (χ1n) is 20.5. The maximum atomic E-state index is 2.47. The molecule has 0 atom stereocenters. The van der Waals surface area contributed by atoms with Gasteiger partial charge in [0.05, 0.1) is 11.4 Å². The maximum absolute atomic E-state index is 2.47. The number of nitrogens with zero attached hydrogens (tertiary/aromatic N) is 1. The van der Waals surface area contributed by atoms with Gasteiger partial charge in [-0.25, -0.2) is 0 Å². The maximum Gasteiger partial charge on any atom is 0.0540 e. The van der Waals surface area contributed by atoms with Crippen LogP contribution in [0.3, 0.4) is 0 Å². The average molecular weight is 782 g/mol. The third-order valence-corrected chi connectivity index (χ3v) is 12.8. The number of benzene rings is 10. The number of para-hydroxylation sites is 1. The number of rotatable bonds is 8. The highest BCUT2D eigenvalue weighted by Gasteiger charge is 2.23. The summed E-state index contributed by atoms with van der Waals surface area (Å²) in [5, 5.41) is 5.09. The molecule has 0 N–H and O–H groups in total. The van der Waals surface area contributed by atoms with E-state index in [2.05, 4.69) is 241 Å². The number of anilines is 3. The smallest absolute Gasteiger partial charge is 0.0540 e. The number of thiophene rings is 1. The normalized spacial score (nSPS) is 11.3. The van der Waals surface area contributed by atoms with Gasteiger partial charge >= 0.3 is 0 Å². The molecule has 0 aliphatic rings. The van der Waals surface area contributed by atoms with Crippen LogP contribution in [0.1, 0.15) is 0 Å². The monoisotopic (exact) mass is 781 g/mol. The fourth-order valence-corrected chi connectivity index (χ4v) is 10.1. The van der Waals surface area contributed by atoms with Crippen molar-refractivity contribution >= 4 is 59.3 Å². The molecule has 11 aromatic rings. The number of hydrogen-bond acceptors (Lipinski definition) is 2. The second-order valence-electron chi connectivity index (χ2n) is 15.2. The quantitative estimate of drug-likeness (QED) is 0.148. The summed E-state index contributed by atoms with van der Waals surface area (Å²) in [6.07, 6.45) is 0. The van der Waals surface area contributed by atoms with Gasteiger partial charge in [0.25, 0.3) is 0 Å². The molecule has 0 radical (unpaired) electrons. The Bertz CT molecular complexity index is 3290. The van der Waals surface area contributed by atoms with Crippen LogP contribution in [-0.4, -0.2) is 0 Å².